The number of para-hydroxylation sites is 2. The lowest BCUT2D eigenvalue weighted by atomic mass is 10.2. The summed E-state index contributed by atoms with van der Waals surface area (Å²) >= 11 is 0. The molecule has 0 aliphatic rings. The minimum absolute atomic E-state index is 0.316. The monoisotopic (exact) mass is 407 g/mol. The molecule has 4 aromatic rings. The van der Waals surface area contributed by atoms with Crippen LogP contribution in [0.3, 0.4) is 0 Å². The van der Waals surface area contributed by atoms with Gasteiger partial charge >= 0.3 is 0 Å². The maximum atomic E-state index is 4.46. The Morgan fingerprint density at radius 1 is 0.581 bits per heavy atom. The summed E-state index contributed by atoms with van der Waals surface area (Å²) in [4.78, 5) is 13.3. The Morgan fingerprint density at radius 2 is 1.06 bits per heavy atom. The summed E-state index contributed by atoms with van der Waals surface area (Å²) in [5.74, 6) is 1.12. The van der Waals surface area contributed by atoms with Crippen molar-refractivity contribution in [1.29, 1.82) is 0 Å². The van der Waals surface area contributed by atoms with E-state index in [0.717, 1.165) is 16.9 Å². The highest BCUT2D eigenvalue weighted by Gasteiger charge is 2.07. The Kier molecular flexibility index (Phi) is 6.58. The number of allylic oxidation sites excluding steroid dienone is 1. The van der Waals surface area contributed by atoms with Crippen LogP contribution in [0.4, 0.5) is 29.2 Å². The van der Waals surface area contributed by atoms with Gasteiger partial charge in [0.15, 0.2) is 0 Å². The molecule has 0 spiro atoms. The quantitative estimate of drug-likeness (QED) is 0.265. The van der Waals surface area contributed by atoms with Gasteiger partial charge < -0.3 is 10.6 Å². The van der Waals surface area contributed by atoms with Crippen molar-refractivity contribution < 1.29 is 0 Å². The molecule has 31 heavy (non-hydrogen) atoms. The summed E-state index contributed by atoms with van der Waals surface area (Å²) in [6, 6.07) is 29.4. The van der Waals surface area contributed by atoms with E-state index in [2.05, 4.69) is 36.1 Å². The standard InChI is InChI=1S/C24H21N7/c1-4-11-19(12-5-1)13-10-18-25-31-24-29-22(26-20-14-6-2-7-15-20)28-23(30-24)27-21-16-8-3-9-17-21/h1-18H,(H3,26,27,28,29,30,31)/b13-10-,25-18+. The molecule has 0 saturated carbocycles. The van der Waals surface area contributed by atoms with Gasteiger partial charge in [-0.2, -0.15) is 20.1 Å². The van der Waals surface area contributed by atoms with Crippen LogP contribution in [0.5, 0.6) is 0 Å². The third kappa shape index (κ3) is 6.23. The second kappa shape index (κ2) is 10.3. The number of hydrazone groups is 1. The molecule has 152 valence electrons. The molecule has 0 fully saturated rings. The molecule has 3 aromatic carbocycles. The van der Waals surface area contributed by atoms with Crippen molar-refractivity contribution in [3.05, 3.63) is 103 Å². The Bertz CT molecular complexity index is 1080. The zero-order valence-electron chi connectivity index (χ0n) is 16.7. The average molecular weight is 407 g/mol. The van der Waals surface area contributed by atoms with Crippen LogP contribution >= 0.6 is 0 Å². The van der Waals surface area contributed by atoms with Gasteiger partial charge in [0.2, 0.25) is 17.8 Å². The first-order valence-electron chi connectivity index (χ1n) is 9.76. The molecule has 4 rings (SSSR count). The normalized spacial score (nSPS) is 11.0. The number of hydrogen-bond acceptors (Lipinski definition) is 7. The van der Waals surface area contributed by atoms with Crippen LogP contribution in [0, 0.1) is 0 Å². The first kappa shape index (κ1) is 19.8. The highest BCUT2D eigenvalue weighted by molar-refractivity contribution is 5.78. The smallest absolute Gasteiger partial charge is 0.250 e. The predicted octanol–water partition coefficient (Wildman–Crippen LogP) is 5.47. The molecule has 0 atom stereocenters. The molecule has 1 aromatic heterocycles. The number of hydrogen-bond donors (Lipinski definition) is 3. The largest absolute Gasteiger partial charge is 0.324 e. The number of rotatable bonds is 8. The summed E-state index contributed by atoms with van der Waals surface area (Å²) in [6.07, 6.45) is 5.45. The van der Waals surface area contributed by atoms with E-state index in [0.29, 0.717) is 17.8 Å². The second-order valence-corrected chi connectivity index (χ2v) is 6.45. The number of aromatic nitrogens is 3. The second-order valence-electron chi connectivity index (χ2n) is 6.45. The molecule has 1 heterocycles. The van der Waals surface area contributed by atoms with E-state index in [-0.39, 0.29) is 0 Å². The molecule has 0 bridgehead atoms. The Morgan fingerprint density at radius 3 is 1.61 bits per heavy atom. The van der Waals surface area contributed by atoms with E-state index in [1.165, 1.54) is 0 Å². The van der Waals surface area contributed by atoms with Crippen molar-refractivity contribution in [3.63, 3.8) is 0 Å². The Labute approximate surface area is 180 Å². The molecular weight excluding hydrogens is 386 g/mol. The Hall–Kier alpha value is -4.52. The van der Waals surface area contributed by atoms with Crippen LogP contribution in [-0.2, 0) is 0 Å². The SMILES string of the molecule is C(=C/c1ccccc1)/C=N/Nc1nc(Nc2ccccc2)nc(Nc2ccccc2)n1. The third-order valence-electron chi connectivity index (χ3n) is 4.11. The van der Waals surface area contributed by atoms with Crippen molar-refractivity contribution in [2.45, 2.75) is 0 Å². The fourth-order valence-electron chi connectivity index (χ4n) is 2.70. The van der Waals surface area contributed by atoms with Crippen molar-refractivity contribution in [2.75, 3.05) is 16.1 Å². The molecular formula is C24H21N7. The highest BCUT2D eigenvalue weighted by atomic mass is 15.4. The summed E-state index contributed by atoms with van der Waals surface area (Å²) in [6.45, 7) is 0. The molecule has 0 aliphatic heterocycles. The summed E-state index contributed by atoms with van der Waals surface area (Å²) in [5, 5.41) is 10.6. The van der Waals surface area contributed by atoms with Gasteiger partial charge in [0.1, 0.15) is 0 Å². The molecule has 0 amide bonds. The summed E-state index contributed by atoms with van der Waals surface area (Å²) in [5.41, 5.74) is 5.70. The highest BCUT2D eigenvalue weighted by Crippen LogP contribution is 2.18. The van der Waals surface area contributed by atoms with Gasteiger partial charge in [-0.05, 0) is 35.9 Å². The van der Waals surface area contributed by atoms with Crippen molar-refractivity contribution in [1.82, 2.24) is 15.0 Å². The van der Waals surface area contributed by atoms with Crippen LogP contribution < -0.4 is 16.1 Å². The van der Waals surface area contributed by atoms with Gasteiger partial charge in [-0.15, -0.1) is 0 Å². The summed E-state index contributed by atoms with van der Waals surface area (Å²) in [7, 11) is 0. The lowest BCUT2D eigenvalue weighted by molar-refractivity contribution is 1.04. The van der Waals surface area contributed by atoms with Crippen molar-refractivity contribution >= 4 is 41.5 Å². The van der Waals surface area contributed by atoms with Crippen LogP contribution in [0.25, 0.3) is 6.08 Å². The van der Waals surface area contributed by atoms with Crippen LogP contribution in [0.2, 0.25) is 0 Å². The van der Waals surface area contributed by atoms with E-state index in [9.17, 15) is 0 Å². The number of nitrogens with zero attached hydrogens (tertiary/aromatic N) is 4. The fourth-order valence-corrected chi connectivity index (χ4v) is 2.70. The molecule has 3 N–H and O–H groups in total. The van der Waals surface area contributed by atoms with E-state index in [1.807, 2.05) is 103 Å². The van der Waals surface area contributed by atoms with Gasteiger partial charge in [0, 0.05) is 17.6 Å². The topological polar surface area (TPSA) is 87.1 Å². The van der Waals surface area contributed by atoms with Crippen molar-refractivity contribution in [3.8, 4) is 0 Å². The minimum atomic E-state index is 0.316. The Balaban J connectivity index is 1.50. The van der Waals surface area contributed by atoms with E-state index in [4.69, 9.17) is 0 Å². The van der Waals surface area contributed by atoms with Gasteiger partial charge in [0.05, 0.1) is 0 Å². The minimum Gasteiger partial charge on any atom is -0.324 e. The number of anilines is 5. The van der Waals surface area contributed by atoms with Gasteiger partial charge in [-0.3, -0.25) is 0 Å². The molecule has 0 radical (unpaired) electrons. The molecule has 7 heteroatoms. The molecule has 7 nitrogen and oxygen atoms in total. The average Bonchev–Trinajstić information content (AvgIpc) is 2.81. The van der Waals surface area contributed by atoms with E-state index >= 15 is 0 Å². The van der Waals surface area contributed by atoms with Crippen molar-refractivity contribution in [2.24, 2.45) is 5.10 Å². The van der Waals surface area contributed by atoms with Crippen LogP contribution in [0.15, 0.2) is 102 Å². The zero-order chi connectivity index (χ0) is 21.1. The maximum Gasteiger partial charge on any atom is 0.250 e. The van der Waals surface area contributed by atoms with Gasteiger partial charge in [-0.1, -0.05) is 72.8 Å². The summed E-state index contributed by atoms with van der Waals surface area (Å²) < 4.78 is 0. The first-order valence-corrected chi connectivity index (χ1v) is 9.76. The lowest BCUT2D eigenvalue weighted by Gasteiger charge is -2.10. The lowest BCUT2D eigenvalue weighted by Crippen LogP contribution is -2.07. The third-order valence-corrected chi connectivity index (χ3v) is 4.11. The zero-order valence-corrected chi connectivity index (χ0v) is 16.7. The number of benzene rings is 3. The van der Waals surface area contributed by atoms with Gasteiger partial charge in [-0.25, -0.2) is 5.43 Å². The van der Waals surface area contributed by atoms with Crippen LogP contribution in [-0.4, -0.2) is 21.2 Å². The fraction of sp³-hybridized carbons (Fsp3) is 0. The number of nitrogens with one attached hydrogen (secondary N) is 3. The first-order chi connectivity index (χ1) is 15.3. The predicted molar refractivity (Wildman–Crippen MR) is 127 cm³/mol. The van der Waals surface area contributed by atoms with Gasteiger partial charge in [0.25, 0.3) is 0 Å². The van der Waals surface area contributed by atoms with E-state index < -0.39 is 0 Å². The molecule has 0 unspecified atom stereocenters. The van der Waals surface area contributed by atoms with E-state index in [1.54, 1.807) is 6.21 Å². The molecule has 0 aliphatic carbocycles. The maximum absolute atomic E-state index is 4.46. The molecule has 0 saturated heterocycles. The van der Waals surface area contributed by atoms with Crippen LogP contribution in [0.1, 0.15) is 5.56 Å².